The van der Waals surface area contributed by atoms with Crippen molar-refractivity contribution in [1.82, 2.24) is 10.2 Å². The van der Waals surface area contributed by atoms with Crippen LogP contribution in [0, 0.1) is 5.92 Å². The lowest BCUT2D eigenvalue weighted by Gasteiger charge is -2.29. The van der Waals surface area contributed by atoms with E-state index in [9.17, 15) is 14.4 Å². The lowest BCUT2D eigenvalue weighted by Crippen LogP contribution is -2.47. The van der Waals surface area contributed by atoms with Gasteiger partial charge in [0.1, 0.15) is 6.04 Å². The molecule has 2 heterocycles. The first-order chi connectivity index (χ1) is 9.83. The molecule has 7 heteroatoms. The van der Waals surface area contributed by atoms with Gasteiger partial charge in [0.25, 0.3) is 5.91 Å². The number of fused-ring (bicyclic) bond motifs is 1. The van der Waals surface area contributed by atoms with E-state index in [0.717, 1.165) is 6.42 Å². The fraction of sp³-hybridized carbons (Fsp3) is 0.786. The third kappa shape index (κ3) is 3.51. The van der Waals surface area contributed by atoms with Gasteiger partial charge in [-0.15, -0.1) is 11.8 Å². The first kappa shape index (κ1) is 16.1. The number of nitrogens with zero attached hydrogens (tertiary/aromatic N) is 1. The van der Waals surface area contributed by atoms with E-state index < -0.39 is 12.0 Å². The molecular formula is C14H22N2O4S. The third-order valence-electron chi connectivity index (χ3n) is 3.77. The van der Waals surface area contributed by atoms with E-state index in [0.29, 0.717) is 24.6 Å². The van der Waals surface area contributed by atoms with Crippen LogP contribution in [0.3, 0.4) is 0 Å². The van der Waals surface area contributed by atoms with Crippen molar-refractivity contribution in [3.63, 3.8) is 0 Å². The second-order valence-corrected chi connectivity index (χ2v) is 7.57. The highest BCUT2D eigenvalue weighted by Gasteiger charge is 2.53. The second kappa shape index (κ2) is 6.25. The van der Waals surface area contributed by atoms with E-state index in [1.807, 2.05) is 20.8 Å². The molecule has 6 nitrogen and oxygen atoms in total. The summed E-state index contributed by atoms with van der Waals surface area (Å²) in [6.45, 7) is 6.22. The highest BCUT2D eigenvalue weighted by atomic mass is 32.2. The number of hydrogen-bond acceptors (Lipinski definition) is 5. The predicted molar refractivity (Wildman–Crippen MR) is 79.5 cm³/mol. The molecule has 0 spiro atoms. The Morgan fingerprint density at radius 2 is 2.24 bits per heavy atom. The molecule has 118 valence electrons. The van der Waals surface area contributed by atoms with E-state index in [4.69, 9.17) is 4.74 Å². The summed E-state index contributed by atoms with van der Waals surface area (Å²) in [7, 11) is 0. The van der Waals surface area contributed by atoms with Crippen molar-refractivity contribution >= 4 is 29.5 Å². The number of carbonyl (C=O) groups excluding carboxylic acids is 3. The van der Waals surface area contributed by atoms with Crippen molar-refractivity contribution in [1.29, 1.82) is 0 Å². The number of esters is 1. The Hall–Kier alpha value is -1.24. The quantitative estimate of drug-likeness (QED) is 0.758. The van der Waals surface area contributed by atoms with Crippen LogP contribution in [0.5, 0.6) is 0 Å². The van der Waals surface area contributed by atoms with Crippen LogP contribution in [0.2, 0.25) is 0 Å². The van der Waals surface area contributed by atoms with E-state index in [1.165, 1.54) is 0 Å². The average molecular weight is 314 g/mol. The Labute approximate surface area is 129 Å². The topological polar surface area (TPSA) is 75.7 Å². The van der Waals surface area contributed by atoms with E-state index in [1.54, 1.807) is 16.7 Å². The molecule has 1 N–H and O–H groups in total. The number of amides is 2. The van der Waals surface area contributed by atoms with E-state index in [-0.39, 0.29) is 23.3 Å². The van der Waals surface area contributed by atoms with Gasteiger partial charge in [0.2, 0.25) is 5.91 Å². The van der Waals surface area contributed by atoms with Gasteiger partial charge in [-0.1, -0.05) is 13.8 Å². The summed E-state index contributed by atoms with van der Waals surface area (Å²) in [4.78, 5) is 36.9. The molecule has 0 unspecified atom stereocenters. The zero-order chi connectivity index (χ0) is 15.6. The maximum atomic E-state index is 12.1. The minimum absolute atomic E-state index is 0.00582. The summed E-state index contributed by atoms with van der Waals surface area (Å²) >= 11 is 1.61. The van der Waals surface area contributed by atoms with Crippen LogP contribution in [-0.2, 0) is 19.1 Å². The minimum Gasteiger partial charge on any atom is -0.454 e. The average Bonchev–Trinajstić information content (AvgIpc) is 2.91. The van der Waals surface area contributed by atoms with Crippen molar-refractivity contribution < 1.29 is 19.1 Å². The fourth-order valence-corrected chi connectivity index (χ4v) is 4.01. The lowest BCUT2D eigenvalue weighted by molar-refractivity contribution is -0.156. The lowest BCUT2D eigenvalue weighted by atomic mass is 10.2. The van der Waals surface area contributed by atoms with Crippen LogP contribution in [0.1, 0.15) is 33.6 Å². The van der Waals surface area contributed by atoms with Crippen molar-refractivity contribution in [2.75, 3.05) is 18.9 Å². The molecule has 0 radical (unpaired) electrons. The molecule has 2 amide bonds. The smallest absolute Gasteiger partial charge is 0.330 e. The molecule has 0 aromatic heterocycles. The molecule has 2 aliphatic heterocycles. The van der Waals surface area contributed by atoms with Crippen LogP contribution in [-0.4, -0.2) is 52.5 Å². The van der Waals surface area contributed by atoms with Crippen molar-refractivity contribution in [2.24, 2.45) is 5.92 Å². The van der Waals surface area contributed by atoms with Gasteiger partial charge in [0, 0.05) is 18.7 Å². The molecular weight excluding hydrogens is 292 g/mol. The van der Waals surface area contributed by atoms with Gasteiger partial charge in [-0.3, -0.25) is 9.59 Å². The summed E-state index contributed by atoms with van der Waals surface area (Å²) in [5.74, 6) is 0.0845. The Balaban J connectivity index is 1.84. The maximum Gasteiger partial charge on any atom is 0.330 e. The Morgan fingerprint density at radius 3 is 2.90 bits per heavy atom. The molecule has 2 rings (SSSR count). The molecule has 21 heavy (non-hydrogen) atoms. The van der Waals surface area contributed by atoms with Crippen LogP contribution in [0.25, 0.3) is 0 Å². The number of thioether (sulfide) groups is 1. The SMILES string of the molecule is CC(C)CNC(=O)COC(=O)[C@@H]1CS[C@@]2(C)CCC(=O)N12. The maximum absolute atomic E-state index is 12.1. The zero-order valence-electron chi connectivity index (χ0n) is 12.7. The van der Waals surface area contributed by atoms with Gasteiger partial charge in [-0.05, 0) is 19.3 Å². The molecule has 0 aliphatic carbocycles. The van der Waals surface area contributed by atoms with Crippen LogP contribution in [0.4, 0.5) is 0 Å². The van der Waals surface area contributed by atoms with Gasteiger partial charge in [-0.25, -0.2) is 4.79 Å². The van der Waals surface area contributed by atoms with Crippen LogP contribution >= 0.6 is 11.8 Å². The first-order valence-electron chi connectivity index (χ1n) is 7.23. The Morgan fingerprint density at radius 1 is 1.52 bits per heavy atom. The number of rotatable bonds is 5. The van der Waals surface area contributed by atoms with Gasteiger partial charge in [0.15, 0.2) is 6.61 Å². The van der Waals surface area contributed by atoms with Gasteiger partial charge in [-0.2, -0.15) is 0 Å². The number of hydrogen-bond donors (Lipinski definition) is 1. The van der Waals surface area contributed by atoms with Gasteiger partial charge in [0.05, 0.1) is 4.87 Å². The highest BCUT2D eigenvalue weighted by Crippen LogP contribution is 2.47. The summed E-state index contributed by atoms with van der Waals surface area (Å²) in [6, 6.07) is -0.562. The fourth-order valence-electron chi connectivity index (χ4n) is 2.60. The van der Waals surface area contributed by atoms with E-state index >= 15 is 0 Å². The molecule has 2 fully saturated rings. The highest BCUT2D eigenvalue weighted by molar-refractivity contribution is 8.01. The van der Waals surface area contributed by atoms with Crippen molar-refractivity contribution in [3.05, 3.63) is 0 Å². The molecule has 2 aliphatic rings. The zero-order valence-corrected chi connectivity index (χ0v) is 13.5. The molecule has 2 saturated heterocycles. The monoisotopic (exact) mass is 314 g/mol. The molecule has 0 aromatic rings. The van der Waals surface area contributed by atoms with Crippen LogP contribution < -0.4 is 5.32 Å². The summed E-state index contributed by atoms with van der Waals surface area (Å²) in [5, 5.41) is 2.69. The third-order valence-corrected chi connectivity index (χ3v) is 5.28. The predicted octanol–water partition coefficient (Wildman–Crippen LogP) is 0.756. The standard InChI is InChI=1S/C14H22N2O4S/c1-9(2)6-15-11(17)7-20-13(19)10-8-21-14(3)5-4-12(18)16(10)14/h9-10H,4-8H2,1-3H3,(H,15,17)/t10-,14-/m0/s1. The Bertz CT molecular complexity index is 454. The summed E-state index contributed by atoms with van der Waals surface area (Å²) < 4.78 is 5.06. The first-order valence-corrected chi connectivity index (χ1v) is 8.21. The molecule has 0 saturated carbocycles. The largest absolute Gasteiger partial charge is 0.454 e. The number of carbonyl (C=O) groups is 3. The second-order valence-electron chi connectivity index (χ2n) is 6.07. The van der Waals surface area contributed by atoms with Gasteiger partial charge >= 0.3 is 5.97 Å². The normalized spacial score (nSPS) is 27.9. The molecule has 2 atom stereocenters. The molecule has 0 aromatic carbocycles. The summed E-state index contributed by atoms with van der Waals surface area (Å²) in [5.41, 5.74) is 0. The number of nitrogens with one attached hydrogen (secondary N) is 1. The van der Waals surface area contributed by atoms with Crippen molar-refractivity contribution in [2.45, 2.75) is 44.5 Å². The van der Waals surface area contributed by atoms with Crippen molar-refractivity contribution in [3.8, 4) is 0 Å². The van der Waals surface area contributed by atoms with Gasteiger partial charge < -0.3 is 15.0 Å². The Kier molecular flexibility index (Phi) is 4.81. The summed E-state index contributed by atoms with van der Waals surface area (Å²) in [6.07, 6.45) is 1.23. The van der Waals surface area contributed by atoms with Crippen LogP contribution in [0.15, 0.2) is 0 Å². The molecule has 0 bridgehead atoms. The minimum atomic E-state index is -0.562. The number of ether oxygens (including phenoxy) is 1. The van der Waals surface area contributed by atoms with E-state index in [2.05, 4.69) is 5.32 Å².